The molecule has 1 unspecified atom stereocenters. The van der Waals surface area contributed by atoms with E-state index >= 15 is 0 Å². The largest absolute Gasteiger partial charge is 0.314 e. The molecule has 0 aliphatic carbocycles. The Labute approximate surface area is 69.2 Å². The van der Waals surface area contributed by atoms with Gasteiger partial charge in [-0.3, -0.25) is 4.55 Å². The molecule has 1 aliphatic heterocycles. The van der Waals surface area contributed by atoms with Crippen LogP contribution in [0.15, 0.2) is 0 Å². The molecule has 0 aromatic carbocycles. The monoisotopic (exact) mass is 178 g/mol. The molecule has 1 rings (SSSR count). The van der Waals surface area contributed by atoms with Gasteiger partial charge in [0.05, 0.1) is 0 Å². The van der Waals surface area contributed by atoms with Gasteiger partial charge in [0.1, 0.15) is 0 Å². The van der Waals surface area contributed by atoms with E-state index in [1.807, 2.05) is 0 Å². The predicted octanol–water partition coefficient (Wildman–Crippen LogP) is -0.145. The summed E-state index contributed by atoms with van der Waals surface area (Å²) < 4.78 is 21.0. The minimum Gasteiger partial charge on any atom is -0.314 e. The van der Waals surface area contributed by atoms with Crippen LogP contribution in [0.5, 0.6) is 0 Å². The van der Waals surface area contributed by atoms with Crippen molar-refractivity contribution in [3.8, 4) is 0 Å². The normalized spacial score (nSPS) is 27.2. The van der Waals surface area contributed by atoms with Gasteiger partial charge in [-0.25, -0.2) is 8.93 Å². The molecule has 1 saturated heterocycles. The Morgan fingerprint density at radius 3 is 3.09 bits per heavy atom. The van der Waals surface area contributed by atoms with Crippen molar-refractivity contribution in [2.45, 2.75) is 25.3 Å². The van der Waals surface area contributed by atoms with E-state index in [1.54, 1.807) is 0 Å². The first-order valence-corrected chi connectivity index (χ1v) is 4.97. The summed E-state index contributed by atoms with van der Waals surface area (Å²) in [5.41, 5.74) is 0. The third kappa shape index (κ3) is 3.81. The highest BCUT2D eigenvalue weighted by molar-refractivity contribution is 7.77. The quantitative estimate of drug-likeness (QED) is 0.525. The number of nitrogens with one attached hydrogen (secondary N) is 2. The first kappa shape index (κ1) is 9.12. The minimum atomic E-state index is -1.84. The second-order valence-corrected chi connectivity index (χ2v) is 3.51. The molecule has 0 aromatic rings. The van der Waals surface area contributed by atoms with Crippen LogP contribution in [-0.4, -0.2) is 27.9 Å². The van der Waals surface area contributed by atoms with Crippen molar-refractivity contribution in [1.29, 1.82) is 0 Å². The van der Waals surface area contributed by atoms with Gasteiger partial charge in [0.25, 0.3) is 0 Å². The summed E-state index contributed by atoms with van der Waals surface area (Å²) in [5, 5.41) is 3.31. The van der Waals surface area contributed by atoms with Gasteiger partial charge in [-0.05, 0) is 25.8 Å². The van der Waals surface area contributed by atoms with Crippen LogP contribution in [0.25, 0.3) is 0 Å². The van der Waals surface area contributed by atoms with Crippen LogP contribution in [0.1, 0.15) is 19.3 Å². The van der Waals surface area contributed by atoms with Gasteiger partial charge >= 0.3 is 0 Å². The molecule has 1 aliphatic rings. The highest BCUT2D eigenvalue weighted by Crippen LogP contribution is 2.07. The second kappa shape index (κ2) is 4.82. The fourth-order valence-electron chi connectivity index (χ4n) is 1.32. The Balaban J connectivity index is 1.98. The smallest absolute Gasteiger partial charge is 0.231 e. The summed E-state index contributed by atoms with van der Waals surface area (Å²) >= 11 is -1.84. The molecule has 0 radical (unpaired) electrons. The van der Waals surface area contributed by atoms with E-state index in [0.717, 1.165) is 13.0 Å². The van der Waals surface area contributed by atoms with Crippen LogP contribution < -0.4 is 10.0 Å². The van der Waals surface area contributed by atoms with Crippen LogP contribution >= 0.6 is 0 Å². The van der Waals surface area contributed by atoms with Crippen LogP contribution in [0.4, 0.5) is 0 Å². The third-order valence-corrected chi connectivity index (χ3v) is 2.33. The molecule has 1 fully saturated rings. The predicted molar refractivity (Wildman–Crippen MR) is 44.4 cm³/mol. The second-order valence-electron chi connectivity index (χ2n) is 2.73. The molecule has 11 heavy (non-hydrogen) atoms. The zero-order chi connectivity index (χ0) is 8.10. The summed E-state index contributed by atoms with van der Waals surface area (Å²) in [4.78, 5) is 0. The van der Waals surface area contributed by atoms with E-state index in [-0.39, 0.29) is 0 Å². The molecule has 3 N–H and O–H groups in total. The maximum Gasteiger partial charge on any atom is 0.231 e. The standard InChI is InChI=1S/C6H14N2O2S/c9-11(10)8-5-3-6-2-1-4-7-6/h6-8H,1-5H2,(H,9,10)/t6-/m0/s1. The highest BCUT2D eigenvalue weighted by Gasteiger charge is 2.12. The van der Waals surface area contributed by atoms with E-state index in [1.165, 1.54) is 12.8 Å². The van der Waals surface area contributed by atoms with Gasteiger partial charge in [-0.15, -0.1) is 0 Å². The summed E-state index contributed by atoms with van der Waals surface area (Å²) in [6.45, 7) is 1.70. The molecule has 0 saturated carbocycles. The fraction of sp³-hybridized carbons (Fsp3) is 1.00. The SMILES string of the molecule is O=S(O)NCC[C@@H]1CCCN1. The van der Waals surface area contributed by atoms with E-state index in [4.69, 9.17) is 4.55 Å². The fourth-order valence-corrected chi connectivity index (χ4v) is 1.62. The molecule has 0 amide bonds. The van der Waals surface area contributed by atoms with Crippen molar-refractivity contribution in [2.75, 3.05) is 13.1 Å². The molecule has 0 bridgehead atoms. The first-order valence-electron chi connectivity index (χ1n) is 3.87. The van der Waals surface area contributed by atoms with E-state index in [0.29, 0.717) is 12.6 Å². The van der Waals surface area contributed by atoms with Crippen LogP contribution in [0, 0.1) is 0 Å². The summed E-state index contributed by atoms with van der Waals surface area (Å²) in [6, 6.07) is 0.547. The Hall–Kier alpha value is 0.0300. The lowest BCUT2D eigenvalue weighted by Gasteiger charge is -2.08. The van der Waals surface area contributed by atoms with E-state index in [2.05, 4.69) is 10.0 Å². The molecule has 0 spiro atoms. The number of hydrogen-bond acceptors (Lipinski definition) is 2. The average Bonchev–Trinajstić information content (AvgIpc) is 2.39. The van der Waals surface area contributed by atoms with Crippen LogP contribution in [0.2, 0.25) is 0 Å². The molecular formula is C6H14N2O2S. The van der Waals surface area contributed by atoms with Gasteiger partial charge in [0.2, 0.25) is 11.3 Å². The number of hydrogen-bond donors (Lipinski definition) is 3. The summed E-state index contributed by atoms with van der Waals surface area (Å²) in [7, 11) is 0. The van der Waals surface area contributed by atoms with E-state index in [9.17, 15) is 4.21 Å². The average molecular weight is 178 g/mol. The van der Waals surface area contributed by atoms with Gasteiger partial charge in [-0.1, -0.05) is 0 Å². The molecular weight excluding hydrogens is 164 g/mol. The Morgan fingerprint density at radius 2 is 2.55 bits per heavy atom. The third-order valence-electron chi connectivity index (χ3n) is 1.88. The van der Waals surface area contributed by atoms with Gasteiger partial charge in [0, 0.05) is 12.6 Å². The van der Waals surface area contributed by atoms with Gasteiger partial charge in [0.15, 0.2) is 0 Å². The van der Waals surface area contributed by atoms with Crippen molar-refractivity contribution in [3.63, 3.8) is 0 Å². The first-order chi connectivity index (χ1) is 5.29. The molecule has 0 aromatic heterocycles. The van der Waals surface area contributed by atoms with Crippen molar-refractivity contribution < 1.29 is 8.76 Å². The Kier molecular flexibility index (Phi) is 3.99. The summed E-state index contributed by atoms with van der Waals surface area (Å²) in [5.74, 6) is 0. The summed E-state index contributed by atoms with van der Waals surface area (Å²) in [6.07, 6.45) is 3.36. The molecule has 2 atom stereocenters. The van der Waals surface area contributed by atoms with Crippen LogP contribution in [-0.2, 0) is 11.3 Å². The zero-order valence-electron chi connectivity index (χ0n) is 6.38. The maximum absolute atomic E-state index is 10.2. The van der Waals surface area contributed by atoms with Crippen molar-refractivity contribution in [2.24, 2.45) is 0 Å². The lowest BCUT2D eigenvalue weighted by atomic mass is 10.2. The van der Waals surface area contributed by atoms with Gasteiger partial charge < -0.3 is 5.32 Å². The van der Waals surface area contributed by atoms with Crippen molar-refractivity contribution >= 4 is 11.3 Å². The Bertz CT molecular complexity index is 137. The molecule has 66 valence electrons. The van der Waals surface area contributed by atoms with Crippen molar-refractivity contribution in [1.82, 2.24) is 10.0 Å². The van der Waals surface area contributed by atoms with E-state index < -0.39 is 11.3 Å². The minimum absolute atomic E-state index is 0.547. The molecule has 4 nitrogen and oxygen atoms in total. The highest BCUT2D eigenvalue weighted by atomic mass is 32.2. The van der Waals surface area contributed by atoms with Crippen molar-refractivity contribution in [3.05, 3.63) is 0 Å². The van der Waals surface area contributed by atoms with Crippen LogP contribution in [0.3, 0.4) is 0 Å². The molecule has 1 heterocycles. The lowest BCUT2D eigenvalue weighted by molar-refractivity contribution is 0.524. The van der Waals surface area contributed by atoms with Gasteiger partial charge in [-0.2, -0.15) is 0 Å². The molecule has 5 heteroatoms. The topological polar surface area (TPSA) is 61.4 Å². The zero-order valence-corrected chi connectivity index (χ0v) is 7.19. The number of rotatable bonds is 4. The maximum atomic E-state index is 10.2. The lowest BCUT2D eigenvalue weighted by Crippen LogP contribution is -2.27. The Morgan fingerprint density at radius 1 is 1.73 bits per heavy atom.